The van der Waals surface area contributed by atoms with E-state index in [2.05, 4.69) is 9.97 Å². The second-order valence-electron chi connectivity index (χ2n) is 3.06. The molecule has 2 rings (SSSR count). The SMILES string of the molecule is Cn1c(C(=O)O)nc(-c2ccc[nH]2)c1O. The van der Waals surface area contributed by atoms with Crippen molar-refractivity contribution in [2.75, 3.05) is 0 Å². The Morgan fingerprint density at radius 2 is 2.33 bits per heavy atom. The third-order valence-electron chi connectivity index (χ3n) is 2.11. The molecule has 0 aliphatic heterocycles. The van der Waals surface area contributed by atoms with Gasteiger partial charge < -0.3 is 15.2 Å². The Balaban J connectivity index is 2.60. The first-order valence-electron chi connectivity index (χ1n) is 4.24. The Hall–Kier alpha value is -2.24. The molecule has 2 heterocycles. The smallest absolute Gasteiger partial charge is 0.372 e. The van der Waals surface area contributed by atoms with Gasteiger partial charge in [0.1, 0.15) is 5.69 Å². The number of carbonyl (C=O) groups is 1. The molecule has 3 N–H and O–H groups in total. The minimum Gasteiger partial charge on any atom is -0.493 e. The van der Waals surface area contributed by atoms with Crippen LogP contribution in [-0.2, 0) is 7.05 Å². The number of aromatic nitrogens is 3. The molecular weight excluding hydrogens is 198 g/mol. The van der Waals surface area contributed by atoms with Gasteiger partial charge in [0.15, 0.2) is 0 Å². The third kappa shape index (κ3) is 1.35. The maximum Gasteiger partial charge on any atom is 0.372 e. The highest BCUT2D eigenvalue weighted by atomic mass is 16.4. The fourth-order valence-corrected chi connectivity index (χ4v) is 1.34. The van der Waals surface area contributed by atoms with Gasteiger partial charge in [0, 0.05) is 13.2 Å². The van der Waals surface area contributed by atoms with Gasteiger partial charge in [-0.15, -0.1) is 0 Å². The van der Waals surface area contributed by atoms with E-state index in [0.717, 1.165) is 4.57 Å². The molecule has 6 nitrogen and oxygen atoms in total. The lowest BCUT2D eigenvalue weighted by Crippen LogP contribution is -2.05. The van der Waals surface area contributed by atoms with Gasteiger partial charge in [0.05, 0.1) is 5.69 Å². The lowest BCUT2D eigenvalue weighted by molar-refractivity contribution is 0.0678. The summed E-state index contributed by atoms with van der Waals surface area (Å²) < 4.78 is 1.12. The molecule has 0 bridgehead atoms. The molecule has 0 amide bonds. The zero-order valence-electron chi connectivity index (χ0n) is 7.93. The maximum atomic E-state index is 10.8. The summed E-state index contributed by atoms with van der Waals surface area (Å²) in [4.78, 5) is 17.4. The van der Waals surface area contributed by atoms with Crippen molar-refractivity contribution in [3.8, 4) is 17.3 Å². The second-order valence-corrected chi connectivity index (χ2v) is 3.06. The molecule has 78 valence electrons. The first-order valence-corrected chi connectivity index (χ1v) is 4.24. The number of imidazole rings is 1. The van der Waals surface area contributed by atoms with Crippen LogP contribution in [0.15, 0.2) is 18.3 Å². The molecule has 2 aromatic rings. The van der Waals surface area contributed by atoms with Crippen LogP contribution in [0, 0.1) is 0 Å². The fraction of sp³-hybridized carbons (Fsp3) is 0.111. The first-order chi connectivity index (χ1) is 7.11. The Bertz CT molecular complexity index is 499. The van der Waals surface area contributed by atoms with Crippen LogP contribution in [0.25, 0.3) is 11.4 Å². The largest absolute Gasteiger partial charge is 0.493 e. The van der Waals surface area contributed by atoms with Crippen LogP contribution in [0.3, 0.4) is 0 Å². The molecule has 0 atom stereocenters. The van der Waals surface area contributed by atoms with Gasteiger partial charge in [-0.2, -0.15) is 0 Å². The zero-order valence-corrected chi connectivity index (χ0v) is 7.93. The van der Waals surface area contributed by atoms with Crippen molar-refractivity contribution >= 4 is 5.97 Å². The van der Waals surface area contributed by atoms with Gasteiger partial charge in [-0.3, -0.25) is 4.57 Å². The fourth-order valence-electron chi connectivity index (χ4n) is 1.34. The van der Waals surface area contributed by atoms with E-state index < -0.39 is 5.97 Å². The molecule has 0 spiro atoms. The van der Waals surface area contributed by atoms with Gasteiger partial charge in [-0.05, 0) is 12.1 Å². The number of aromatic amines is 1. The number of rotatable bonds is 2. The molecule has 0 saturated heterocycles. The summed E-state index contributed by atoms with van der Waals surface area (Å²) in [6, 6.07) is 3.44. The average molecular weight is 207 g/mol. The van der Waals surface area contributed by atoms with E-state index in [1.165, 1.54) is 7.05 Å². The van der Waals surface area contributed by atoms with Crippen molar-refractivity contribution in [3.05, 3.63) is 24.2 Å². The summed E-state index contributed by atoms with van der Waals surface area (Å²) in [5, 5.41) is 18.5. The molecule has 0 aliphatic rings. The summed E-state index contributed by atoms with van der Waals surface area (Å²) in [5.41, 5.74) is 0.815. The van der Waals surface area contributed by atoms with Crippen molar-refractivity contribution in [3.63, 3.8) is 0 Å². The lowest BCUT2D eigenvalue weighted by atomic mass is 10.3. The monoisotopic (exact) mass is 207 g/mol. The highest BCUT2D eigenvalue weighted by Gasteiger charge is 2.19. The van der Waals surface area contributed by atoms with Crippen molar-refractivity contribution < 1.29 is 15.0 Å². The Morgan fingerprint density at radius 3 is 2.80 bits per heavy atom. The average Bonchev–Trinajstić information content (AvgIpc) is 2.77. The summed E-state index contributed by atoms with van der Waals surface area (Å²) >= 11 is 0. The Labute approximate surface area is 84.8 Å². The van der Waals surface area contributed by atoms with E-state index in [1.807, 2.05) is 0 Å². The predicted molar refractivity (Wildman–Crippen MR) is 51.6 cm³/mol. The van der Waals surface area contributed by atoms with Gasteiger partial charge in [0.2, 0.25) is 11.7 Å². The van der Waals surface area contributed by atoms with Gasteiger partial charge in [-0.1, -0.05) is 0 Å². The van der Waals surface area contributed by atoms with Crippen LogP contribution in [-0.4, -0.2) is 30.7 Å². The number of hydrogen-bond acceptors (Lipinski definition) is 3. The first kappa shape index (κ1) is 9.32. The second kappa shape index (κ2) is 3.16. The summed E-state index contributed by atoms with van der Waals surface area (Å²) in [7, 11) is 1.44. The van der Waals surface area contributed by atoms with E-state index in [0.29, 0.717) is 5.69 Å². The molecule has 0 fully saturated rings. The van der Waals surface area contributed by atoms with Crippen LogP contribution in [0.4, 0.5) is 0 Å². The highest BCUT2D eigenvalue weighted by Crippen LogP contribution is 2.27. The lowest BCUT2D eigenvalue weighted by Gasteiger charge is -1.96. The number of nitrogens with zero attached hydrogens (tertiary/aromatic N) is 2. The van der Waals surface area contributed by atoms with Crippen LogP contribution in [0.5, 0.6) is 5.88 Å². The molecule has 0 unspecified atom stereocenters. The Morgan fingerprint density at radius 1 is 1.60 bits per heavy atom. The third-order valence-corrected chi connectivity index (χ3v) is 2.11. The Kier molecular flexibility index (Phi) is 1.96. The standard InChI is InChI=1S/C9H9N3O3/c1-12-7(9(14)15)11-6(8(12)13)5-3-2-4-10-5/h2-4,10,13H,1H3,(H,14,15). The minimum absolute atomic E-state index is 0.171. The van der Waals surface area contributed by atoms with Gasteiger partial charge >= 0.3 is 5.97 Å². The molecule has 2 aromatic heterocycles. The molecule has 0 saturated carbocycles. The van der Waals surface area contributed by atoms with Crippen LogP contribution in [0.2, 0.25) is 0 Å². The predicted octanol–water partition coefficient (Wildman–Crippen LogP) is 0.819. The number of carboxylic acids is 1. The number of H-pyrrole nitrogens is 1. The highest BCUT2D eigenvalue weighted by molar-refractivity contribution is 5.85. The quantitative estimate of drug-likeness (QED) is 0.679. The molecule has 0 aliphatic carbocycles. The van der Waals surface area contributed by atoms with Gasteiger partial charge in [-0.25, -0.2) is 9.78 Å². The topological polar surface area (TPSA) is 91.1 Å². The van der Waals surface area contributed by atoms with E-state index >= 15 is 0 Å². The molecule has 15 heavy (non-hydrogen) atoms. The van der Waals surface area contributed by atoms with Crippen LogP contribution >= 0.6 is 0 Å². The molecule has 0 radical (unpaired) electrons. The summed E-state index contributed by atoms with van der Waals surface area (Å²) in [5.74, 6) is -1.54. The van der Waals surface area contributed by atoms with E-state index in [4.69, 9.17) is 5.11 Å². The minimum atomic E-state index is -1.18. The van der Waals surface area contributed by atoms with E-state index in [9.17, 15) is 9.90 Å². The van der Waals surface area contributed by atoms with Gasteiger partial charge in [0.25, 0.3) is 0 Å². The maximum absolute atomic E-state index is 10.8. The van der Waals surface area contributed by atoms with E-state index in [-0.39, 0.29) is 17.4 Å². The number of nitrogens with one attached hydrogen (secondary N) is 1. The van der Waals surface area contributed by atoms with Crippen LogP contribution < -0.4 is 0 Å². The number of hydrogen-bond donors (Lipinski definition) is 3. The number of carboxylic acid groups (broad SMARTS) is 1. The zero-order chi connectivity index (χ0) is 11.0. The summed E-state index contributed by atoms with van der Waals surface area (Å²) in [6.07, 6.45) is 1.67. The molecule has 0 aromatic carbocycles. The molecule has 6 heteroatoms. The van der Waals surface area contributed by atoms with Crippen molar-refractivity contribution in [2.45, 2.75) is 0 Å². The molecular formula is C9H9N3O3. The normalized spacial score (nSPS) is 10.5. The van der Waals surface area contributed by atoms with Crippen molar-refractivity contribution in [1.29, 1.82) is 0 Å². The number of aromatic carboxylic acids is 1. The summed E-state index contributed by atoms with van der Waals surface area (Å²) in [6.45, 7) is 0. The van der Waals surface area contributed by atoms with Crippen molar-refractivity contribution in [2.24, 2.45) is 7.05 Å². The number of aromatic hydroxyl groups is 1. The van der Waals surface area contributed by atoms with Crippen LogP contribution in [0.1, 0.15) is 10.6 Å². The van der Waals surface area contributed by atoms with E-state index in [1.54, 1.807) is 18.3 Å². The van der Waals surface area contributed by atoms with Crippen molar-refractivity contribution in [1.82, 2.24) is 14.5 Å².